The van der Waals surface area contributed by atoms with Crippen molar-refractivity contribution in [3.05, 3.63) is 69.7 Å². The third-order valence-electron chi connectivity index (χ3n) is 4.48. The largest absolute Gasteiger partial charge is 0.422 e. The molecule has 146 valence electrons. The summed E-state index contributed by atoms with van der Waals surface area (Å²) in [6, 6.07) is 13.0. The van der Waals surface area contributed by atoms with Gasteiger partial charge in [0.25, 0.3) is 5.79 Å². The summed E-state index contributed by atoms with van der Waals surface area (Å²) in [7, 11) is 0. The van der Waals surface area contributed by atoms with Crippen LogP contribution >= 0.6 is 23.2 Å². The Bertz CT molecular complexity index is 914. The van der Waals surface area contributed by atoms with Crippen LogP contribution in [-0.2, 0) is 25.5 Å². The summed E-state index contributed by atoms with van der Waals surface area (Å²) in [5, 5.41) is 0.929. The van der Waals surface area contributed by atoms with Gasteiger partial charge in [-0.15, -0.1) is 0 Å². The number of halogens is 2. The molecule has 0 N–H and O–H groups in total. The van der Waals surface area contributed by atoms with Gasteiger partial charge in [-0.3, -0.25) is 14.4 Å². The van der Waals surface area contributed by atoms with Crippen LogP contribution in [0.3, 0.4) is 0 Å². The highest BCUT2D eigenvalue weighted by molar-refractivity contribution is 6.31. The molecule has 5 nitrogen and oxygen atoms in total. The van der Waals surface area contributed by atoms with Crippen molar-refractivity contribution in [2.75, 3.05) is 0 Å². The van der Waals surface area contributed by atoms with Crippen molar-refractivity contribution in [1.82, 2.24) is 0 Å². The molecule has 0 bridgehead atoms. The smallest absolute Gasteiger partial charge is 0.327 e. The fourth-order valence-corrected chi connectivity index (χ4v) is 3.44. The number of ether oxygens (including phenoxy) is 2. The normalized spacial score (nSPS) is 17.6. The summed E-state index contributed by atoms with van der Waals surface area (Å²) in [6.07, 6.45) is -0.463. The molecule has 3 rings (SSSR count). The molecular formula is C21H18Cl2O5. The summed E-state index contributed by atoms with van der Waals surface area (Å²) >= 11 is 11.9. The number of carbonyl (C=O) groups excluding carboxylic acids is 3. The predicted molar refractivity (Wildman–Crippen MR) is 104 cm³/mol. The van der Waals surface area contributed by atoms with E-state index in [2.05, 4.69) is 0 Å². The molecule has 1 aliphatic rings. The maximum Gasteiger partial charge on any atom is 0.327 e. The van der Waals surface area contributed by atoms with Gasteiger partial charge in [0, 0.05) is 35.9 Å². The number of hydrogen-bond acceptors (Lipinski definition) is 5. The Balaban J connectivity index is 1.99. The number of rotatable bonds is 5. The second-order valence-electron chi connectivity index (χ2n) is 7.17. The van der Waals surface area contributed by atoms with Crippen molar-refractivity contribution in [2.24, 2.45) is 5.41 Å². The maximum absolute atomic E-state index is 12.9. The molecule has 1 saturated heterocycles. The van der Waals surface area contributed by atoms with Crippen LogP contribution in [0.2, 0.25) is 10.0 Å². The molecule has 0 radical (unpaired) electrons. The van der Waals surface area contributed by atoms with Crippen molar-refractivity contribution in [3.8, 4) is 0 Å². The van der Waals surface area contributed by atoms with Crippen LogP contribution in [0, 0.1) is 5.41 Å². The van der Waals surface area contributed by atoms with Crippen LogP contribution in [0.4, 0.5) is 0 Å². The lowest BCUT2D eigenvalue weighted by Crippen LogP contribution is -2.55. The van der Waals surface area contributed by atoms with Gasteiger partial charge in [-0.2, -0.15) is 0 Å². The van der Waals surface area contributed by atoms with E-state index in [9.17, 15) is 14.4 Å². The molecule has 1 heterocycles. The van der Waals surface area contributed by atoms with Crippen LogP contribution in [0.5, 0.6) is 0 Å². The first-order valence-electron chi connectivity index (χ1n) is 8.61. The average Bonchev–Trinajstić information content (AvgIpc) is 2.59. The van der Waals surface area contributed by atoms with E-state index in [1.807, 2.05) is 0 Å². The highest BCUT2D eigenvalue weighted by Crippen LogP contribution is 2.39. The van der Waals surface area contributed by atoms with E-state index < -0.39 is 35.3 Å². The molecule has 7 heteroatoms. The van der Waals surface area contributed by atoms with E-state index in [4.69, 9.17) is 32.7 Å². The predicted octanol–water partition coefficient (Wildman–Crippen LogP) is 4.63. The number of benzene rings is 2. The van der Waals surface area contributed by atoms with Crippen LogP contribution in [0.15, 0.2) is 48.5 Å². The Labute approximate surface area is 172 Å². The number of Topliss-reactive ketones (excluding diaryl/α,β-unsaturated/α-hetero) is 1. The summed E-state index contributed by atoms with van der Waals surface area (Å²) in [5.41, 5.74) is -0.845. The molecule has 0 unspecified atom stereocenters. The van der Waals surface area contributed by atoms with Gasteiger partial charge < -0.3 is 9.47 Å². The van der Waals surface area contributed by atoms with Crippen molar-refractivity contribution >= 4 is 40.9 Å². The standard InChI is InChI=1S/C21H18Cl2O5/c1-20(2)27-18(25)21(19(26)28-20,11-13-4-3-5-16(23)10-13)12-17(24)14-6-8-15(22)9-7-14/h3-10H,11-12H2,1-2H3. The Morgan fingerprint density at radius 1 is 0.929 bits per heavy atom. The lowest BCUT2D eigenvalue weighted by molar-refractivity contribution is -0.250. The second kappa shape index (κ2) is 7.57. The van der Waals surface area contributed by atoms with E-state index in [1.54, 1.807) is 48.5 Å². The van der Waals surface area contributed by atoms with Gasteiger partial charge in [-0.25, -0.2) is 0 Å². The fourth-order valence-electron chi connectivity index (χ4n) is 3.10. The first kappa shape index (κ1) is 20.4. The third-order valence-corrected chi connectivity index (χ3v) is 4.97. The molecule has 1 aliphatic heterocycles. The second-order valence-corrected chi connectivity index (χ2v) is 8.05. The first-order valence-corrected chi connectivity index (χ1v) is 9.37. The van der Waals surface area contributed by atoms with E-state index in [1.165, 1.54) is 13.8 Å². The highest BCUT2D eigenvalue weighted by atomic mass is 35.5. The van der Waals surface area contributed by atoms with E-state index in [-0.39, 0.29) is 6.42 Å². The third kappa shape index (κ3) is 4.21. The minimum atomic E-state index is -1.79. The Morgan fingerprint density at radius 3 is 2.11 bits per heavy atom. The first-order chi connectivity index (χ1) is 13.1. The molecule has 28 heavy (non-hydrogen) atoms. The van der Waals surface area contributed by atoms with Gasteiger partial charge in [-0.1, -0.05) is 35.3 Å². The number of cyclic esters (lactones) is 2. The van der Waals surface area contributed by atoms with Crippen molar-refractivity contribution < 1.29 is 23.9 Å². The van der Waals surface area contributed by atoms with E-state index in [0.29, 0.717) is 21.2 Å². The monoisotopic (exact) mass is 420 g/mol. The average molecular weight is 421 g/mol. The Kier molecular flexibility index (Phi) is 5.50. The number of ketones is 1. The molecule has 1 fully saturated rings. The van der Waals surface area contributed by atoms with Crippen LogP contribution in [0.25, 0.3) is 0 Å². The van der Waals surface area contributed by atoms with Crippen LogP contribution < -0.4 is 0 Å². The van der Waals surface area contributed by atoms with E-state index in [0.717, 1.165) is 0 Å². The van der Waals surface area contributed by atoms with Gasteiger partial charge in [0.15, 0.2) is 11.2 Å². The molecule has 0 saturated carbocycles. The molecule has 0 aliphatic carbocycles. The summed E-state index contributed by atoms with van der Waals surface area (Å²) < 4.78 is 10.7. The van der Waals surface area contributed by atoms with Gasteiger partial charge >= 0.3 is 11.9 Å². The summed E-state index contributed by atoms with van der Waals surface area (Å²) in [6.45, 7) is 2.93. The van der Waals surface area contributed by atoms with Gasteiger partial charge in [0.05, 0.1) is 0 Å². The number of carbonyl (C=O) groups is 3. The lowest BCUT2D eigenvalue weighted by atomic mass is 9.75. The molecule has 0 aromatic heterocycles. The highest BCUT2D eigenvalue weighted by Gasteiger charge is 2.57. The Hall–Kier alpha value is -2.37. The molecule has 2 aromatic carbocycles. The number of esters is 2. The molecule has 0 amide bonds. The lowest BCUT2D eigenvalue weighted by Gasteiger charge is -2.40. The van der Waals surface area contributed by atoms with Crippen LogP contribution in [0.1, 0.15) is 36.2 Å². The van der Waals surface area contributed by atoms with Crippen molar-refractivity contribution in [1.29, 1.82) is 0 Å². The quantitative estimate of drug-likeness (QED) is 0.400. The van der Waals surface area contributed by atoms with Gasteiger partial charge in [-0.05, 0) is 48.4 Å². The van der Waals surface area contributed by atoms with Gasteiger partial charge in [0.1, 0.15) is 0 Å². The molecule has 0 spiro atoms. The SMILES string of the molecule is CC1(C)OC(=O)C(CC(=O)c2ccc(Cl)cc2)(Cc2cccc(Cl)c2)C(=O)O1. The topological polar surface area (TPSA) is 69.7 Å². The van der Waals surface area contributed by atoms with E-state index >= 15 is 0 Å². The maximum atomic E-state index is 12.9. The zero-order valence-electron chi connectivity index (χ0n) is 15.3. The van der Waals surface area contributed by atoms with Gasteiger partial charge in [0.2, 0.25) is 0 Å². The summed E-state index contributed by atoms with van der Waals surface area (Å²) in [4.78, 5) is 38.7. The number of hydrogen-bond donors (Lipinski definition) is 0. The molecular weight excluding hydrogens is 403 g/mol. The van der Waals surface area contributed by atoms with Crippen LogP contribution in [-0.4, -0.2) is 23.5 Å². The van der Waals surface area contributed by atoms with Crippen molar-refractivity contribution in [2.45, 2.75) is 32.5 Å². The molecule has 2 aromatic rings. The fraction of sp³-hybridized carbons (Fsp3) is 0.286. The summed E-state index contributed by atoms with van der Waals surface area (Å²) in [5.74, 6) is -3.38. The van der Waals surface area contributed by atoms with Crippen molar-refractivity contribution in [3.63, 3.8) is 0 Å². The molecule has 0 atom stereocenters. The zero-order valence-corrected chi connectivity index (χ0v) is 16.8. The zero-order chi connectivity index (χ0) is 20.5. The minimum absolute atomic E-state index is 0.0688. The minimum Gasteiger partial charge on any atom is -0.422 e. The Morgan fingerprint density at radius 2 is 1.54 bits per heavy atom.